The van der Waals surface area contributed by atoms with E-state index in [-0.39, 0.29) is 6.04 Å². The van der Waals surface area contributed by atoms with E-state index in [9.17, 15) is 4.39 Å². The van der Waals surface area contributed by atoms with E-state index in [1.165, 1.54) is 0 Å². The molecule has 3 aromatic rings. The Morgan fingerprint density at radius 3 is 2.67 bits per heavy atom. The van der Waals surface area contributed by atoms with Gasteiger partial charge in [-0.15, -0.1) is 0 Å². The Balaban J connectivity index is 0.000000340. The van der Waals surface area contributed by atoms with E-state index >= 15 is 0 Å². The van der Waals surface area contributed by atoms with Crippen LogP contribution in [0.15, 0.2) is 42.9 Å². The fourth-order valence-electron chi connectivity index (χ4n) is 3.76. The molecule has 0 bridgehead atoms. The molecule has 3 aromatic heterocycles. The number of aromatic nitrogens is 4. The number of halogens is 1. The molecule has 3 aliphatic rings. The Hall–Kier alpha value is -3.00. The molecule has 1 aliphatic carbocycles. The predicted octanol–water partition coefficient (Wildman–Crippen LogP) is 3.27. The van der Waals surface area contributed by atoms with Crippen molar-refractivity contribution in [2.24, 2.45) is 5.73 Å². The summed E-state index contributed by atoms with van der Waals surface area (Å²) in [5.74, 6) is 1.60. The lowest BCUT2D eigenvalue weighted by molar-refractivity contribution is 0.211. The van der Waals surface area contributed by atoms with E-state index in [0.717, 1.165) is 67.1 Å². The number of pyridine rings is 2. The molecule has 156 valence electrons. The molecule has 5 heterocycles. The highest BCUT2D eigenvalue weighted by Gasteiger charge is 2.23. The summed E-state index contributed by atoms with van der Waals surface area (Å²) in [7, 11) is 0. The summed E-state index contributed by atoms with van der Waals surface area (Å²) >= 11 is 0. The summed E-state index contributed by atoms with van der Waals surface area (Å²) in [6.45, 7) is 2.31. The van der Waals surface area contributed by atoms with E-state index in [1.54, 1.807) is 6.20 Å². The molecule has 2 aliphatic heterocycles. The Kier molecular flexibility index (Phi) is 5.08. The van der Waals surface area contributed by atoms with Crippen molar-refractivity contribution in [2.45, 2.75) is 44.5 Å². The van der Waals surface area contributed by atoms with Gasteiger partial charge in [0, 0.05) is 37.1 Å². The fourth-order valence-corrected chi connectivity index (χ4v) is 3.76. The third-order valence-electron chi connectivity index (χ3n) is 5.76. The van der Waals surface area contributed by atoms with E-state index in [0.29, 0.717) is 12.5 Å². The summed E-state index contributed by atoms with van der Waals surface area (Å²) in [6.07, 6.45) is 8.91. The highest BCUT2D eigenvalue weighted by Crippen LogP contribution is 2.35. The van der Waals surface area contributed by atoms with Gasteiger partial charge in [-0.1, -0.05) is 0 Å². The van der Waals surface area contributed by atoms with Crippen molar-refractivity contribution < 1.29 is 9.13 Å². The number of nitrogens with zero attached hydrogens (tertiary/aromatic N) is 5. The molecule has 2 N–H and O–H groups in total. The standard InChI is InChI=1S/C18H18N6O.C4H7F/c19-13-5-7-23(10-13)16-4-3-14(8-21-16)24-9-12-11-25-18-15(17(12)22-24)2-1-6-20-18;5-4-2-1-3-4/h1-4,6,8-9,13H,5,7,10-11,19H2;4H,1-3H2. The molecule has 0 spiro atoms. The average Bonchev–Trinajstić information content (AvgIpc) is 3.39. The number of fused-ring (bicyclic) bond motifs is 3. The highest BCUT2D eigenvalue weighted by molar-refractivity contribution is 5.69. The Morgan fingerprint density at radius 1 is 1.13 bits per heavy atom. The maximum atomic E-state index is 11.5. The molecule has 30 heavy (non-hydrogen) atoms. The Labute approximate surface area is 174 Å². The van der Waals surface area contributed by atoms with Crippen molar-refractivity contribution >= 4 is 5.82 Å². The number of rotatable bonds is 2. The van der Waals surface area contributed by atoms with Crippen molar-refractivity contribution in [1.82, 2.24) is 19.7 Å². The van der Waals surface area contributed by atoms with E-state index < -0.39 is 6.17 Å². The second-order valence-electron chi connectivity index (χ2n) is 7.99. The third-order valence-corrected chi connectivity index (χ3v) is 5.76. The summed E-state index contributed by atoms with van der Waals surface area (Å²) in [6, 6.07) is 8.19. The lowest BCUT2D eigenvalue weighted by atomic mass is 9.98. The predicted molar refractivity (Wildman–Crippen MR) is 112 cm³/mol. The van der Waals surface area contributed by atoms with Crippen LogP contribution < -0.4 is 15.4 Å². The van der Waals surface area contributed by atoms with Crippen LogP contribution in [0.1, 0.15) is 31.2 Å². The topological polar surface area (TPSA) is 82.1 Å². The van der Waals surface area contributed by atoms with Gasteiger partial charge in [0.1, 0.15) is 24.3 Å². The zero-order chi connectivity index (χ0) is 20.5. The number of ether oxygens (including phenoxy) is 1. The van der Waals surface area contributed by atoms with Gasteiger partial charge in [0.25, 0.3) is 0 Å². The first kappa shape index (κ1) is 19.0. The van der Waals surface area contributed by atoms with Crippen LogP contribution in [0.25, 0.3) is 16.9 Å². The number of alkyl halides is 1. The minimum atomic E-state index is -0.435. The molecule has 1 unspecified atom stereocenters. The van der Waals surface area contributed by atoms with Crippen molar-refractivity contribution in [3.63, 3.8) is 0 Å². The van der Waals surface area contributed by atoms with Crippen LogP contribution in [0.2, 0.25) is 0 Å². The lowest BCUT2D eigenvalue weighted by Crippen LogP contribution is -2.26. The molecule has 0 radical (unpaired) electrons. The van der Waals surface area contributed by atoms with Gasteiger partial charge >= 0.3 is 0 Å². The normalized spacial score (nSPS) is 19.8. The quantitative estimate of drug-likeness (QED) is 0.701. The van der Waals surface area contributed by atoms with E-state index in [1.807, 2.05) is 41.3 Å². The molecule has 8 heteroatoms. The van der Waals surface area contributed by atoms with Crippen LogP contribution in [0.5, 0.6) is 5.88 Å². The van der Waals surface area contributed by atoms with Crippen LogP contribution >= 0.6 is 0 Å². The highest BCUT2D eigenvalue weighted by atomic mass is 19.1. The minimum Gasteiger partial charge on any atom is -0.472 e. The summed E-state index contributed by atoms with van der Waals surface area (Å²) < 4.78 is 19.1. The molecule has 1 atom stereocenters. The van der Waals surface area contributed by atoms with Crippen molar-refractivity contribution in [1.29, 1.82) is 0 Å². The third kappa shape index (κ3) is 3.75. The lowest BCUT2D eigenvalue weighted by Gasteiger charge is -2.16. The number of anilines is 1. The van der Waals surface area contributed by atoms with Crippen molar-refractivity contribution in [3.05, 3.63) is 48.4 Å². The zero-order valence-corrected chi connectivity index (χ0v) is 16.7. The zero-order valence-electron chi connectivity index (χ0n) is 16.7. The molecule has 2 fully saturated rings. The molecular formula is C22H25FN6O. The van der Waals surface area contributed by atoms with Gasteiger partial charge in [0.2, 0.25) is 5.88 Å². The molecule has 0 aromatic carbocycles. The van der Waals surface area contributed by atoms with Gasteiger partial charge < -0.3 is 15.4 Å². The Bertz CT molecular complexity index is 1020. The first-order valence-corrected chi connectivity index (χ1v) is 10.4. The van der Waals surface area contributed by atoms with Gasteiger partial charge in [-0.05, 0) is 49.9 Å². The van der Waals surface area contributed by atoms with Gasteiger partial charge in [0.15, 0.2) is 0 Å². The first-order valence-electron chi connectivity index (χ1n) is 10.4. The van der Waals surface area contributed by atoms with Crippen LogP contribution in [-0.4, -0.2) is 45.1 Å². The Morgan fingerprint density at radius 2 is 2.00 bits per heavy atom. The number of hydrogen-bond acceptors (Lipinski definition) is 6. The van der Waals surface area contributed by atoms with Crippen LogP contribution in [-0.2, 0) is 6.61 Å². The van der Waals surface area contributed by atoms with E-state index in [4.69, 9.17) is 15.6 Å². The van der Waals surface area contributed by atoms with Crippen LogP contribution in [0, 0.1) is 0 Å². The summed E-state index contributed by atoms with van der Waals surface area (Å²) in [5, 5.41) is 4.72. The summed E-state index contributed by atoms with van der Waals surface area (Å²) in [5.41, 5.74) is 9.80. The van der Waals surface area contributed by atoms with E-state index in [2.05, 4.69) is 14.9 Å². The molecule has 6 rings (SSSR count). The van der Waals surface area contributed by atoms with Gasteiger partial charge in [-0.2, -0.15) is 5.10 Å². The maximum Gasteiger partial charge on any atom is 0.223 e. The molecule has 0 amide bonds. The summed E-state index contributed by atoms with van der Waals surface area (Å²) in [4.78, 5) is 11.1. The van der Waals surface area contributed by atoms with Gasteiger partial charge in [-0.3, -0.25) is 0 Å². The van der Waals surface area contributed by atoms with Gasteiger partial charge in [-0.25, -0.2) is 19.0 Å². The second kappa shape index (κ2) is 8.02. The van der Waals surface area contributed by atoms with Crippen LogP contribution in [0.3, 0.4) is 0 Å². The van der Waals surface area contributed by atoms with Gasteiger partial charge in [0.05, 0.1) is 17.4 Å². The number of hydrogen-bond donors (Lipinski definition) is 1. The van der Waals surface area contributed by atoms with Crippen molar-refractivity contribution in [3.8, 4) is 22.8 Å². The maximum absolute atomic E-state index is 11.5. The fraction of sp³-hybridized carbons (Fsp3) is 0.409. The minimum absolute atomic E-state index is 0.244. The number of nitrogens with two attached hydrogens (primary N) is 1. The van der Waals surface area contributed by atoms with Crippen LogP contribution in [0.4, 0.5) is 10.2 Å². The molecule has 1 saturated heterocycles. The second-order valence-corrected chi connectivity index (χ2v) is 7.99. The SMILES string of the molecule is FC1CCC1.NC1CCN(c2ccc(-n3cc4c(n3)-c3cccnc3OC4)cn2)C1. The molecule has 1 saturated carbocycles. The average molecular weight is 408 g/mol. The smallest absolute Gasteiger partial charge is 0.223 e. The monoisotopic (exact) mass is 408 g/mol. The van der Waals surface area contributed by atoms with Crippen molar-refractivity contribution in [2.75, 3.05) is 18.0 Å². The molecule has 7 nitrogen and oxygen atoms in total. The first-order chi connectivity index (χ1) is 14.7. The molecular weight excluding hydrogens is 383 g/mol. The largest absolute Gasteiger partial charge is 0.472 e.